The molecule has 0 spiro atoms. The Morgan fingerprint density at radius 3 is 2.65 bits per heavy atom. The van der Waals surface area contributed by atoms with Crippen molar-refractivity contribution < 1.29 is 0 Å². The number of hydrogen-bond donors (Lipinski definition) is 1. The fraction of sp³-hybridized carbons (Fsp3) is 0. The van der Waals surface area contributed by atoms with E-state index < -0.39 is 0 Å². The Bertz CT molecular complexity index is 613. The Morgan fingerprint density at radius 1 is 1.12 bits per heavy atom. The molecule has 6 nitrogen and oxygen atoms in total. The summed E-state index contributed by atoms with van der Waals surface area (Å²) >= 11 is 5.81. The van der Waals surface area contributed by atoms with Gasteiger partial charge in [-0.15, -0.1) is 15.0 Å². The molecule has 0 aliphatic heterocycles. The van der Waals surface area contributed by atoms with Gasteiger partial charge in [0.1, 0.15) is 5.69 Å². The lowest BCUT2D eigenvalue weighted by Crippen LogP contribution is -1.98. The van der Waals surface area contributed by atoms with Gasteiger partial charge < -0.3 is 0 Å². The third-order valence-electron chi connectivity index (χ3n) is 2.21. The lowest BCUT2D eigenvalue weighted by Gasteiger charge is -1.96. The van der Waals surface area contributed by atoms with Gasteiger partial charge in [-0.3, -0.25) is 5.10 Å². The predicted octanol–water partition coefficient (Wildman–Crippen LogP) is 1.71. The van der Waals surface area contributed by atoms with Crippen molar-refractivity contribution >= 4 is 11.6 Å². The normalized spacial score (nSPS) is 10.6. The van der Waals surface area contributed by atoms with Crippen LogP contribution in [0.25, 0.3) is 17.2 Å². The Labute approximate surface area is 101 Å². The predicted molar refractivity (Wildman–Crippen MR) is 61.7 cm³/mol. The fourth-order valence-electron chi connectivity index (χ4n) is 1.39. The highest BCUT2D eigenvalue weighted by atomic mass is 35.5. The smallest absolute Gasteiger partial charge is 0.223 e. The Hall–Kier alpha value is -2.21. The SMILES string of the molecule is Clc1ccc(-n2nnc(-c3ccn[nH]3)n2)cc1. The molecule has 2 aromatic heterocycles. The molecule has 0 saturated carbocycles. The van der Waals surface area contributed by atoms with Crippen LogP contribution in [0, 0.1) is 0 Å². The van der Waals surface area contributed by atoms with E-state index in [9.17, 15) is 0 Å². The lowest BCUT2D eigenvalue weighted by molar-refractivity contribution is 0.720. The van der Waals surface area contributed by atoms with E-state index in [4.69, 9.17) is 11.6 Å². The summed E-state index contributed by atoms with van der Waals surface area (Å²) in [6.07, 6.45) is 1.64. The summed E-state index contributed by atoms with van der Waals surface area (Å²) in [6, 6.07) is 8.97. The second kappa shape index (κ2) is 3.99. The molecule has 3 aromatic rings. The van der Waals surface area contributed by atoms with Crippen LogP contribution >= 0.6 is 11.6 Å². The molecular formula is C10H7ClN6. The van der Waals surface area contributed by atoms with Gasteiger partial charge in [0.05, 0.1) is 5.69 Å². The third kappa shape index (κ3) is 1.90. The number of aromatic amines is 1. The molecule has 0 aliphatic carbocycles. The first-order valence-corrected chi connectivity index (χ1v) is 5.26. The van der Waals surface area contributed by atoms with E-state index in [1.807, 2.05) is 12.1 Å². The molecule has 0 bridgehead atoms. The van der Waals surface area contributed by atoms with E-state index in [1.54, 1.807) is 24.4 Å². The highest BCUT2D eigenvalue weighted by Gasteiger charge is 2.07. The molecule has 84 valence electrons. The van der Waals surface area contributed by atoms with Gasteiger partial charge in [-0.1, -0.05) is 11.6 Å². The summed E-state index contributed by atoms with van der Waals surface area (Å²) in [5, 5.41) is 19.4. The average Bonchev–Trinajstić information content (AvgIpc) is 3.00. The van der Waals surface area contributed by atoms with Crippen LogP contribution in [0.1, 0.15) is 0 Å². The highest BCUT2D eigenvalue weighted by molar-refractivity contribution is 6.30. The van der Waals surface area contributed by atoms with E-state index in [0.717, 1.165) is 11.4 Å². The van der Waals surface area contributed by atoms with Crippen molar-refractivity contribution in [3.8, 4) is 17.2 Å². The van der Waals surface area contributed by atoms with Crippen LogP contribution in [0.2, 0.25) is 5.02 Å². The first kappa shape index (κ1) is 9.98. The zero-order chi connectivity index (χ0) is 11.7. The summed E-state index contributed by atoms with van der Waals surface area (Å²) in [4.78, 5) is 1.44. The van der Waals surface area contributed by atoms with Gasteiger partial charge in [0, 0.05) is 11.2 Å². The number of aromatic nitrogens is 6. The highest BCUT2D eigenvalue weighted by Crippen LogP contribution is 2.13. The Kier molecular flexibility index (Phi) is 2.34. The molecular weight excluding hydrogens is 240 g/mol. The molecule has 0 radical (unpaired) electrons. The van der Waals surface area contributed by atoms with Gasteiger partial charge in [0.15, 0.2) is 0 Å². The minimum Gasteiger partial charge on any atom is -0.274 e. The van der Waals surface area contributed by atoms with Crippen molar-refractivity contribution in [3.63, 3.8) is 0 Å². The number of nitrogens with one attached hydrogen (secondary N) is 1. The zero-order valence-corrected chi connectivity index (χ0v) is 9.33. The largest absolute Gasteiger partial charge is 0.274 e. The number of hydrogen-bond acceptors (Lipinski definition) is 4. The molecule has 0 atom stereocenters. The van der Waals surface area contributed by atoms with Crippen LogP contribution in [0.4, 0.5) is 0 Å². The third-order valence-corrected chi connectivity index (χ3v) is 2.46. The van der Waals surface area contributed by atoms with Gasteiger partial charge >= 0.3 is 0 Å². The monoisotopic (exact) mass is 246 g/mol. The van der Waals surface area contributed by atoms with Crippen LogP contribution in [-0.2, 0) is 0 Å². The zero-order valence-electron chi connectivity index (χ0n) is 8.58. The van der Waals surface area contributed by atoms with E-state index in [1.165, 1.54) is 4.80 Å². The molecule has 0 aliphatic rings. The van der Waals surface area contributed by atoms with Gasteiger partial charge in [0.25, 0.3) is 0 Å². The van der Waals surface area contributed by atoms with Gasteiger partial charge in [-0.25, -0.2) is 0 Å². The molecule has 1 N–H and O–H groups in total. The summed E-state index contributed by atoms with van der Waals surface area (Å²) in [5.74, 6) is 0.498. The van der Waals surface area contributed by atoms with E-state index in [2.05, 4.69) is 25.6 Å². The Morgan fingerprint density at radius 2 is 1.94 bits per heavy atom. The number of benzene rings is 1. The van der Waals surface area contributed by atoms with Gasteiger partial charge in [-0.2, -0.15) is 5.10 Å². The molecule has 0 unspecified atom stereocenters. The van der Waals surface area contributed by atoms with E-state index in [-0.39, 0.29) is 0 Å². The van der Waals surface area contributed by atoms with Gasteiger partial charge in [-0.05, 0) is 35.5 Å². The molecule has 17 heavy (non-hydrogen) atoms. The number of halogens is 1. The molecule has 0 amide bonds. The maximum absolute atomic E-state index is 5.81. The minimum atomic E-state index is 0.498. The number of rotatable bonds is 2. The summed E-state index contributed by atoms with van der Waals surface area (Å²) in [5.41, 5.74) is 1.53. The van der Waals surface area contributed by atoms with Crippen LogP contribution in [0.15, 0.2) is 36.5 Å². The van der Waals surface area contributed by atoms with E-state index >= 15 is 0 Å². The Balaban J connectivity index is 1.98. The maximum atomic E-state index is 5.81. The molecule has 2 heterocycles. The second-order valence-corrected chi connectivity index (χ2v) is 3.79. The fourth-order valence-corrected chi connectivity index (χ4v) is 1.51. The number of tetrazole rings is 1. The standard InChI is InChI=1S/C10H7ClN6/c11-7-1-3-8(4-2-7)17-15-10(14-16-17)9-5-6-12-13-9/h1-6H,(H,12,13). The second-order valence-electron chi connectivity index (χ2n) is 3.35. The van der Waals surface area contributed by atoms with Crippen LogP contribution in [0.3, 0.4) is 0 Å². The van der Waals surface area contributed by atoms with Crippen molar-refractivity contribution in [2.45, 2.75) is 0 Å². The number of nitrogens with zero attached hydrogens (tertiary/aromatic N) is 5. The van der Waals surface area contributed by atoms with Crippen molar-refractivity contribution in [2.24, 2.45) is 0 Å². The molecule has 7 heteroatoms. The maximum Gasteiger partial charge on any atom is 0.223 e. The van der Waals surface area contributed by atoms with Crippen molar-refractivity contribution in [1.29, 1.82) is 0 Å². The quantitative estimate of drug-likeness (QED) is 0.747. The van der Waals surface area contributed by atoms with Crippen LogP contribution in [0.5, 0.6) is 0 Å². The van der Waals surface area contributed by atoms with Crippen molar-refractivity contribution in [2.75, 3.05) is 0 Å². The van der Waals surface area contributed by atoms with Crippen molar-refractivity contribution in [3.05, 3.63) is 41.6 Å². The molecule has 0 fully saturated rings. The van der Waals surface area contributed by atoms with Crippen LogP contribution < -0.4 is 0 Å². The van der Waals surface area contributed by atoms with Crippen LogP contribution in [-0.4, -0.2) is 30.4 Å². The minimum absolute atomic E-state index is 0.498. The van der Waals surface area contributed by atoms with E-state index in [0.29, 0.717) is 10.8 Å². The van der Waals surface area contributed by atoms with Gasteiger partial charge in [0.2, 0.25) is 5.82 Å². The summed E-state index contributed by atoms with van der Waals surface area (Å²) < 4.78 is 0. The first-order valence-electron chi connectivity index (χ1n) is 4.88. The number of H-pyrrole nitrogens is 1. The summed E-state index contributed by atoms with van der Waals surface area (Å²) in [6.45, 7) is 0. The molecule has 0 saturated heterocycles. The topological polar surface area (TPSA) is 72.3 Å². The van der Waals surface area contributed by atoms with Crippen molar-refractivity contribution in [1.82, 2.24) is 30.4 Å². The molecule has 1 aromatic carbocycles. The summed E-state index contributed by atoms with van der Waals surface area (Å²) in [7, 11) is 0. The average molecular weight is 247 g/mol. The first-order chi connectivity index (χ1) is 8.33. The molecule has 3 rings (SSSR count). The lowest BCUT2D eigenvalue weighted by atomic mass is 10.3.